The Morgan fingerprint density at radius 3 is 2.65 bits per heavy atom. The Morgan fingerprint density at radius 2 is 2.00 bits per heavy atom. The molecule has 1 amide bonds. The van der Waals surface area contributed by atoms with Crippen LogP contribution in [0.4, 0.5) is 0 Å². The van der Waals surface area contributed by atoms with Gasteiger partial charge in [0.05, 0.1) is 5.69 Å². The van der Waals surface area contributed by atoms with Crippen molar-refractivity contribution >= 4 is 11.7 Å². The molecule has 0 bridgehead atoms. The van der Waals surface area contributed by atoms with Gasteiger partial charge < -0.3 is 5.32 Å². The molecule has 1 aliphatic carbocycles. The van der Waals surface area contributed by atoms with Crippen LogP contribution in [0.2, 0.25) is 0 Å². The second kappa shape index (κ2) is 7.07. The fraction of sp³-hybridized carbons (Fsp3) is 0.300. The molecule has 0 spiro atoms. The van der Waals surface area contributed by atoms with Crippen LogP contribution in [0.15, 0.2) is 47.3 Å². The van der Waals surface area contributed by atoms with Gasteiger partial charge in [0.2, 0.25) is 0 Å². The summed E-state index contributed by atoms with van der Waals surface area (Å²) >= 11 is 0. The van der Waals surface area contributed by atoms with Crippen molar-refractivity contribution in [2.75, 3.05) is 6.54 Å². The number of carbonyl (C=O) groups is 2. The maximum atomic E-state index is 12.6. The molecule has 0 unspecified atom stereocenters. The normalized spacial score (nSPS) is 14.5. The molecule has 2 aromatic heterocycles. The second-order valence-corrected chi connectivity index (χ2v) is 6.61. The Balaban J connectivity index is 1.82. The van der Waals surface area contributed by atoms with E-state index in [0.29, 0.717) is 17.7 Å². The van der Waals surface area contributed by atoms with Crippen molar-refractivity contribution in [3.05, 3.63) is 58.6 Å². The highest BCUT2D eigenvalue weighted by Gasteiger charge is 2.20. The first kappa shape index (κ1) is 17.8. The number of ketones is 1. The van der Waals surface area contributed by atoms with Gasteiger partial charge in [0, 0.05) is 43.5 Å². The lowest BCUT2D eigenvalue weighted by atomic mass is 9.92. The van der Waals surface area contributed by atoms with E-state index in [9.17, 15) is 9.59 Å². The molecule has 0 radical (unpaired) electrons. The molecule has 0 saturated carbocycles. The lowest BCUT2D eigenvalue weighted by Gasteiger charge is -2.16. The summed E-state index contributed by atoms with van der Waals surface area (Å²) in [6.07, 6.45) is 5.74. The van der Waals surface area contributed by atoms with Crippen molar-refractivity contribution < 1.29 is 9.59 Å². The van der Waals surface area contributed by atoms with Crippen molar-refractivity contribution in [1.82, 2.24) is 20.1 Å². The van der Waals surface area contributed by atoms with Crippen molar-refractivity contribution in [3.8, 4) is 11.3 Å². The van der Waals surface area contributed by atoms with Gasteiger partial charge in [-0.1, -0.05) is 11.6 Å². The lowest BCUT2D eigenvalue weighted by molar-refractivity contribution is -0.115. The number of carbonyl (C=O) groups excluding carboxylic acids is 2. The first-order valence-electron chi connectivity index (χ1n) is 8.50. The van der Waals surface area contributed by atoms with E-state index in [1.54, 1.807) is 17.1 Å². The van der Waals surface area contributed by atoms with Gasteiger partial charge in [-0.2, -0.15) is 5.10 Å². The van der Waals surface area contributed by atoms with Gasteiger partial charge in [-0.05, 0) is 44.0 Å². The number of hydrogen-bond donors (Lipinski definition) is 1. The third-order valence-electron chi connectivity index (χ3n) is 4.66. The second-order valence-electron chi connectivity index (χ2n) is 6.61. The van der Waals surface area contributed by atoms with E-state index in [1.165, 1.54) is 0 Å². The number of aromatic nitrogens is 3. The third kappa shape index (κ3) is 3.35. The number of allylic oxidation sites excluding steroid dienone is 3. The zero-order valence-corrected chi connectivity index (χ0v) is 15.5. The first-order chi connectivity index (χ1) is 12.4. The average molecular weight is 350 g/mol. The average Bonchev–Trinajstić information content (AvgIpc) is 2.99. The topological polar surface area (TPSA) is 76.9 Å². The minimum absolute atomic E-state index is 0.0658. The molecule has 26 heavy (non-hydrogen) atoms. The Morgan fingerprint density at radius 1 is 1.23 bits per heavy atom. The van der Waals surface area contributed by atoms with Crippen LogP contribution in [0, 0.1) is 6.92 Å². The molecule has 6 heteroatoms. The van der Waals surface area contributed by atoms with Gasteiger partial charge in [0.25, 0.3) is 5.91 Å². The molecular weight excluding hydrogens is 328 g/mol. The zero-order chi connectivity index (χ0) is 18.8. The molecule has 0 fully saturated rings. The molecule has 0 saturated heterocycles. The Hall–Kier alpha value is -3.02. The molecule has 0 aliphatic heterocycles. The van der Waals surface area contributed by atoms with Crippen LogP contribution in [0.1, 0.15) is 36.3 Å². The number of amides is 1. The molecule has 2 heterocycles. The number of rotatable bonds is 4. The molecule has 0 aromatic carbocycles. The predicted octanol–water partition coefficient (Wildman–Crippen LogP) is 2.76. The van der Waals surface area contributed by atoms with Crippen LogP contribution in [0.5, 0.6) is 0 Å². The van der Waals surface area contributed by atoms with Gasteiger partial charge in [0.15, 0.2) is 5.78 Å². The molecule has 0 atom stereocenters. The fourth-order valence-corrected chi connectivity index (χ4v) is 3.26. The van der Waals surface area contributed by atoms with E-state index in [-0.39, 0.29) is 18.2 Å². The summed E-state index contributed by atoms with van der Waals surface area (Å²) in [5.41, 5.74) is 5.58. The van der Waals surface area contributed by atoms with Crippen LogP contribution >= 0.6 is 0 Å². The van der Waals surface area contributed by atoms with Gasteiger partial charge >= 0.3 is 0 Å². The van der Waals surface area contributed by atoms with Crippen LogP contribution in [-0.2, 0) is 11.8 Å². The molecule has 134 valence electrons. The van der Waals surface area contributed by atoms with Crippen LogP contribution in [0.25, 0.3) is 11.3 Å². The van der Waals surface area contributed by atoms with Crippen LogP contribution in [-0.4, -0.2) is 33.0 Å². The van der Waals surface area contributed by atoms with E-state index >= 15 is 0 Å². The largest absolute Gasteiger partial charge is 0.346 e. The van der Waals surface area contributed by atoms with E-state index in [4.69, 9.17) is 0 Å². The van der Waals surface area contributed by atoms with Gasteiger partial charge in [-0.15, -0.1) is 0 Å². The summed E-state index contributed by atoms with van der Waals surface area (Å²) in [6.45, 7) is 5.92. The number of pyridine rings is 1. The number of nitrogens with one attached hydrogen (secondary N) is 1. The molecular formula is C20H22N4O2. The Kier molecular flexibility index (Phi) is 4.84. The first-order valence-corrected chi connectivity index (χ1v) is 8.50. The molecule has 6 nitrogen and oxygen atoms in total. The maximum absolute atomic E-state index is 12.6. The molecule has 1 aliphatic rings. The summed E-state index contributed by atoms with van der Waals surface area (Å²) in [4.78, 5) is 29.1. The number of nitrogens with zero attached hydrogens (tertiary/aromatic N) is 3. The van der Waals surface area contributed by atoms with Crippen LogP contribution < -0.4 is 5.32 Å². The summed E-state index contributed by atoms with van der Waals surface area (Å²) in [6, 6.07) is 3.77. The highest BCUT2D eigenvalue weighted by atomic mass is 16.2. The summed E-state index contributed by atoms with van der Waals surface area (Å²) < 4.78 is 1.76. The van der Waals surface area contributed by atoms with Crippen LogP contribution in [0.3, 0.4) is 0 Å². The smallest absolute Gasteiger partial charge is 0.270 e. The molecule has 3 rings (SSSR count). The van der Waals surface area contributed by atoms with Gasteiger partial charge in [0.1, 0.15) is 5.69 Å². The quantitative estimate of drug-likeness (QED) is 0.920. The van der Waals surface area contributed by atoms with Crippen molar-refractivity contribution in [3.63, 3.8) is 0 Å². The zero-order valence-electron chi connectivity index (χ0n) is 15.5. The van der Waals surface area contributed by atoms with Gasteiger partial charge in [-0.3, -0.25) is 19.3 Å². The van der Waals surface area contributed by atoms with E-state index in [1.807, 2.05) is 46.0 Å². The van der Waals surface area contributed by atoms with E-state index in [2.05, 4.69) is 15.4 Å². The Labute approximate surface area is 152 Å². The van der Waals surface area contributed by atoms with E-state index in [0.717, 1.165) is 28.0 Å². The predicted molar refractivity (Wildman–Crippen MR) is 99.6 cm³/mol. The SMILES string of the molecule is CC1=CC(C)=C(CNC(=O)c2nccc(-c3ccnn3C)c2C)C(=O)C1. The highest BCUT2D eigenvalue weighted by Crippen LogP contribution is 2.24. The maximum Gasteiger partial charge on any atom is 0.270 e. The summed E-state index contributed by atoms with van der Waals surface area (Å²) in [5.74, 6) is -0.220. The lowest BCUT2D eigenvalue weighted by Crippen LogP contribution is -2.30. The fourth-order valence-electron chi connectivity index (χ4n) is 3.26. The number of aryl methyl sites for hydroxylation is 1. The molecule has 2 aromatic rings. The van der Waals surface area contributed by atoms with E-state index < -0.39 is 0 Å². The monoisotopic (exact) mass is 350 g/mol. The van der Waals surface area contributed by atoms with Crippen molar-refractivity contribution in [2.24, 2.45) is 7.05 Å². The molecule has 1 N–H and O–H groups in total. The Bertz CT molecular complexity index is 950. The highest BCUT2D eigenvalue weighted by molar-refractivity contribution is 6.01. The number of hydrogen-bond acceptors (Lipinski definition) is 4. The minimum atomic E-state index is -0.286. The minimum Gasteiger partial charge on any atom is -0.346 e. The van der Waals surface area contributed by atoms with Crippen molar-refractivity contribution in [1.29, 1.82) is 0 Å². The summed E-state index contributed by atoms with van der Waals surface area (Å²) in [7, 11) is 1.86. The van der Waals surface area contributed by atoms with Gasteiger partial charge in [-0.25, -0.2) is 0 Å². The standard InChI is InChI=1S/C20H22N4O2/c1-12-9-13(2)16(18(25)10-12)11-22-20(26)19-14(3)15(5-7-21-19)17-6-8-23-24(17)4/h5-9H,10-11H2,1-4H3,(H,22,26). The third-order valence-corrected chi connectivity index (χ3v) is 4.66. The number of Topliss-reactive ketones (excluding diaryl/α,β-unsaturated/α-hetero) is 1. The summed E-state index contributed by atoms with van der Waals surface area (Å²) in [5, 5.41) is 7.02. The van der Waals surface area contributed by atoms with Crippen molar-refractivity contribution in [2.45, 2.75) is 27.2 Å².